The number of ether oxygens (including phenoxy) is 1. The molecule has 2 aromatic rings. The first kappa shape index (κ1) is 20.4. The highest BCUT2D eigenvalue weighted by Gasteiger charge is 2.09. The van der Waals surface area contributed by atoms with E-state index in [1.54, 1.807) is 24.3 Å². The SMILES string of the molecule is CC(C)CC(=O)Nc1cccc(CNC(=O)COc2ccc(F)cc2F)c1. The Hall–Kier alpha value is -2.96. The molecule has 0 aliphatic carbocycles. The fraction of sp³-hybridized carbons (Fsp3) is 0.300. The first-order chi connectivity index (χ1) is 12.8. The monoisotopic (exact) mass is 376 g/mol. The van der Waals surface area contributed by atoms with Gasteiger partial charge in [-0.05, 0) is 35.7 Å². The topological polar surface area (TPSA) is 67.4 Å². The van der Waals surface area contributed by atoms with Crippen LogP contribution in [-0.4, -0.2) is 18.4 Å². The van der Waals surface area contributed by atoms with Crippen molar-refractivity contribution in [3.8, 4) is 5.75 Å². The lowest BCUT2D eigenvalue weighted by molar-refractivity contribution is -0.123. The molecule has 0 atom stereocenters. The summed E-state index contributed by atoms with van der Waals surface area (Å²) < 4.78 is 31.3. The maximum Gasteiger partial charge on any atom is 0.258 e. The number of hydrogen-bond donors (Lipinski definition) is 2. The van der Waals surface area contributed by atoms with E-state index in [1.165, 1.54) is 0 Å². The van der Waals surface area contributed by atoms with Crippen LogP contribution in [0.2, 0.25) is 0 Å². The summed E-state index contributed by atoms with van der Waals surface area (Å²) in [7, 11) is 0. The van der Waals surface area contributed by atoms with Crippen LogP contribution in [0.25, 0.3) is 0 Å². The molecule has 0 saturated carbocycles. The van der Waals surface area contributed by atoms with Gasteiger partial charge in [-0.3, -0.25) is 9.59 Å². The van der Waals surface area contributed by atoms with E-state index in [1.807, 2.05) is 13.8 Å². The number of rotatable bonds is 8. The van der Waals surface area contributed by atoms with Gasteiger partial charge in [0.1, 0.15) is 5.82 Å². The molecule has 0 fully saturated rings. The molecule has 0 aliphatic rings. The van der Waals surface area contributed by atoms with Crippen molar-refractivity contribution < 1.29 is 23.1 Å². The van der Waals surface area contributed by atoms with E-state index in [0.717, 1.165) is 17.7 Å². The lowest BCUT2D eigenvalue weighted by Gasteiger charge is -2.10. The molecule has 2 amide bonds. The normalized spacial score (nSPS) is 10.6. The molecule has 0 unspecified atom stereocenters. The molecule has 2 aromatic carbocycles. The molecule has 0 radical (unpaired) electrons. The van der Waals surface area contributed by atoms with Crippen LogP contribution in [0.1, 0.15) is 25.8 Å². The van der Waals surface area contributed by atoms with Gasteiger partial charge in [0.05, 0.1) is 0 Å². The van der Waals surface area contributed by atoms with Gasteiger partial charge in [-0.1, -0.05) is 26.0 Å². The molecular weight excluding hydrogens is 354 g/mol. The molecule has 7 heteroatoms. The second-order valence-electron chi connectivity index (χ2n) is 6.49. The summed E-state index contributed by atoms with van der Waals surface area (Å²) >= 11 is 0. The summed E-state index contributed by atoms with van der Waals surface area (Å²) in [6.07, 6.45) is 0.429. The number of benzene rings is 2. The Labute approximate surface area is 156 Å². The van der Waals surface area contributed by atoms with E-state index in [0.29, 0.717) is 18.2 Å². The molecule has 0 saturated heterocycles. The van der Waals surface area contributed by atoms with E-state index in [9.17, 15) is 18.4 Å². The quantitative estimate of drug-likeness (QED) is 0.739. The molecule has 0 aromatic heterocycles. The van der Waals surface area contributed by atoms with Gasteiger partial charge in [-0.15, -0.1) is 0 Å². The fourth-order valence-corrected chi connectivity index (χ4v) is 2.33. The molecule has 0 bridgehead atoms. The summed E-state index contributed by atoms with van der Waals surface area (Å²) in [6, 6.07) is 9.97. The van der Waals surface area contributed by atoms with Gasteiger partial charge in [0.25, 0.3) is 5.91 Å². The third-order valence-electron chi connectivity index (χ3n) is 3.55. The molecule has 27 heavy (non-hydrogen) atoms. The van der Waals surface area contributed by atoms with Crippen molar-refractivity contribution in [2.75, 3.05) is 11.9 Å². The van der Waals surface area contributed by atoms with Crippen LogP contribution in [0.3, 0.4) is 0 Å². The molecule has 5 nitrogen and oxygen atoms in total. The van der Waals surface area contributed by atoms with Crippen LogP contribution in [0.5, 0.6) is 5.75 Å². The van der Waals surface area contributed by atoms with Crippen LogP contribution in [0, 0.1) is 17.6 Å². The first-order valence-corrected chi connectivity index (χ1v) is 8.57. The molecule has 0 heterocycles. The van der Waals surface area contributed by atoms with Crippen LogP contribution in [0.15, 0.2) is 42.5 Å². The van der Waals surface area contributed by atoms with Gasteiger partial charge in [-0.2, -0.15) is 0 Å². The van der Waals surface area contributed by atoms with Crippen molar-refractivity contribution in [3.63, 3.8) is 0 Å². The van der Waals surface area contributed by atoms with Crippen molar-refractivity contribution in [1.29, 1.82) is 0 Å². The number of halogens is 2. The zero-order valence-corrected chi connectivity index (χ0v) is 15.2. The predicted molar refractivity (Wildman–Crippen MR) is 98.2 cm³/mol. The maximum atomic E-state index is 13.4. The van der Waals surface area contributed by atoms with Gasteiger partial charge >= 0.3 is 0 Å². The minimum absolute atomic E-state index is 0.0686. The highest BCUT2D eigenvalue weighted by molar-refractivity contribution is 5.90. The minimum atomic E-state index is -0.868. The summed E-state index contributed by atoms with van der Waals surface area (Å²) in [5.74, 6) is -2.04. The molecule has 144 valence electrons. The largest absolute Gasteiger partial charge is 0.481 e. The predicted octanol–water partition coefficient (Wildman–Crippen LogP) is 3.64. The number of carbonyl (C=O) groups is 2. The molecule has 2 rings (SSSR count). The van der Waals surface area contributed by atoms with Crippen LogP contribution >= 0.6 is 0 Å². The van der Waals surface area contributed by atoms with Crippen LogP contribution in [-0.2, 0) is 16.1 Å². The third-order valence-corrected chi connectivity index (χ3v) is 3.55. The number of anilines is 1. The molecular formula is C20H22F2N2O3. The summed E-state index contributed by atoms with van der Waals surface area (Å²) in [5.41, 5.74) is 1.44. The summed E-state index contributed by atoms with van der Waals surface area (Å²) in [4.78, 5) is 23.7. The second kappa shape index (κ2) is 9.66. The Bertz CT molecular complexity index is 810. The summed E-state index contributed by atoms with van der Waals surface area (Å²) in [5, 5.41) is 5.45. The number of hydrogen-bond acceptors (Lipinski definition) is 3. The lowest BCUT2D eigenvalue weighted by Crippen LogP contribution is -2.28. The van der Waals surface area contributed by atoms with Gasteiger partial charge in [0.2, 0.25) is 5.91 Å². The average Bonchev–Trinajstić information content (AvgIpc) is 2.58. The minimum Gasteiger partial charge on any atom is -0.481 e. The van der Waals surface area contributed by atoms with E-state index in [4.69, 9.17) is 4.74 Å². The molecule has 0 aliphatic heterocycles. The number of amides is 2. The van der Waals surface area contributed by atoms with E-state index in [-0.39, 0.29) is 24.1 Å². The van der Waals surface area contributed by atoms with Gasteiger partial charge < -0.3 is 15.4 Å². The average molecular weight is 376 g/mol. The lowest BCUT2D eigenvalue weighted by atomic mass is 10.1. The van der Waals surface area contributed by atoms with Crippen molar-refractivity contribution in [2.24, 2.45) is 5.92 Å². The Morgan fingerprint density at radius 3 is 2.56 bits per heavy atom. The van der Waals surface area contributed by atoms with Crippen LogP contribution in [0.4, 0.5) is 14.5 Å². The van der Waals surface area contributed by atoms with E-state index >= 15 is 0 Å². The van der Waals surface area contributed by atoms with Crippen molar-refractivity contribution in [1.82, 2.24) is 5.32 Å². The van der Waals surface area contributed by atoms with Gasteiger partial charge in [-0.25, -0.2) is 8.78 Å². The van der Waals surface area contributed by atoms with Crippen LogP contribution < -0.4 is 15.4 Å². The van der Waals surface area contributed by atoms with E-state index < -0.39 is 24.1 Å². The molecule has 2 N–H and O–H groups in total. The highest BCUT2D eigenvalue weighted by Crippen LogP contribution is 2.17. The molecule has 0 spiro atoms. The van der Waals surface area contributed by atoms with Crippen molar-refractivity contribution in [2.45, 2.75) is 26.8 Å². The highest BCUT2D eigenvalue weighted by atomic mass is 19.1. The second-order valence-corrected chi connectivity index (χ2v) is 6.49. The Balaban J connectivity index is 1.82. The first-order valence-electron chi connectivity index (χ1n) is 8.57. The number of carbonyl (C=O) groups excluding carboxylic acids is 2. The van der Waals surface area contributed by atoms with Gasteiger partial charge in [0.15, 0.2) is 18.2 Å². The zero-order chi connectivity index (χ0) is 19.8. The third kappa shape index (κ3) is 7.05. The number of nitrogens with one attached hydrogen (secondary N) is 2. The smallest absolute Gasteiger partial charge is 0.258 e. The standard InChI is InChI=1S/C20H22F2N2O3/c1-13(2)8-19(25)24-16-5-3-4-14(9-16)11-23-20(26)12-27-18-7-6-15(21)10-17(18)22/h3-7,9-10,13H,8,11-12H2,1-2H3,(H,23,26)(H,24,25). The van der Waals surface area contributed by atoms with Crippen molar-refractivity contribution in [3.05, 3.63) is 59.7 Å². The van der Waals surface area contributed by atoms with Gasteiger partial charge in [0, 0.05) is 24.7 Å². The maximum absolute atomic E-state index is 13.4. The van der Waals surface area contributed by atoms with Crippen molar-refractivity contribution >= 4 is 17.5 Å². The Morgan fingerprint density at radius 1 is 1.07 bits per heavy atom. The zero-order valence-electron chi connectivity index (χ0n) is 15.2. The van der Waals surface area contributed by atoms with E-state index in [2.05, 4.69) is 10.6 Å². The Kier molecular flexibility index (Phi) is 7.28. The summed E-state index contributed by atoms with van der Waals surface area (Å²) in [6.45, 7) is 3.76. The fourth-order valence-electron chi connectivity index (χ4n) is 2.33. The Morgan fingerprint density at radius 2 is 1.85 bits per heavy atom.